The molecule has 5 rings (SSSR count). The second-order valence-electron chi connectivity index (χ2n) is 8.72. The van der Waals surface area contributed by atoms with Gasteiger partial charge < -0.3 is 4.74 Å². The third-order valence-corrected chi connectivity index (χ3v) is 6.61. The Bertz CT molecular complexity index is 1060. The Hall–Kier alpha value is -2.89. The summed E-state index contributed by atoms with van der Waals surface area (Å²) in [5.74, 6) is -1.31. The van der Waals surface area contributed by atoms with Crippen molar-refractivity contribution in [3.05, 3.63) is 77.3 Å². The van der Waals surface area contributed by atoms with Gasteiger partial charge in [0.2, 0.25) is 5.88 Å². The van der Waals surface area contributed by atoms with Gasteiger partial charge in [-0.25, -0.2) is 18.2 Å². The summed E-state index contributed by atoms with van der Waals surface area (Å²) in [5, 5.41) is 0. The zero-order valence-corrected chi connectivity index (χ0v) is 17.7. The van der Waals surface area contributed by atoms with Crippen LogP contribution < -0.4 is 4.74 Å². The summed E-state index contributed by atoms with van der Waals surface area (Å²) < 4.78 is 49.1. The molecule has 2 aromatic rings. The molecule has 166 valence electrons. The average molecular weight is 438 g/mol. The summed E-state index contributed by atoms with van der Waals surface area (Å²) in [7, 11) is 0. The maximum absolute atomic E-state index is 15.0. The molecule has 2 atom stereocenters. The van der Waals surface area contributed by atoms with Crippen molar-refractivity contribution in [1.82, 2.24) is 4.98 Å². The molecule has 3 aliphatic rings. The fourth-order valence-corrected chi connectivity index (χ4v) is 4.89. The normalized spacial score (nSPS) is 23.7. The highest BCUT2D eigenvalue weighted by atomic mass is 19.1. The van der Waals surface area contributed by atoms with Crippen molar-refractivity contribution in [2.24, 2.45) is 10.9 Å². The van der Waals surface area contributed by atoms with Crippen molar-refractivity contribution in [2.45, 2.75) is 57.1 Å². The molecule has 1 saturated carbocycles. The standard InChI is InChI=1S/C26H25F3N2O/c27-20-6-3-7-21(28)26(20)24-12-11-23(31-24)19-10-8-16(14-22(19)29)17-9-13-25(30-15-17)32-18-4-1-2-5-18/h3,6-9,13-15,18-19,23H,1-2,4-5,10-12H2/t19?,23-/m1/s1. The predicted molar refractivity (Wildman–Crippen MR) is 118 cm³/mol. The Morgan fingerprint density at radius 2 is 1.72 bits per heavy atom. The molecule has 3 nitrogen and oxygen atoms in total. The first kappa shape index (κ1) is 21.0. The van der Waals surface area contributed by atoms with E-state index < -0.39 is 17.6 Å². The highest BCUT2D eigenvalue weighted by Gasteiger charge is 2.32. The summed E-state index contributed by atoms with van der Waals surface area (Å²) >= 11 is 0. The van der Waals surface area contributed by atoms with Gasteiger partial charge in [0.05, 0.1) is 11.6 Å². The number of pyridine rings is 1. The van der Waals surface area contributed by atoms with E-state index in [0.717, 1.165) is 24.0 Å². The molecule has 32 heavy (non-hydrogen) atoms. The first-order valence-corrected chi connectivity index (χ1v) is 11.3. The number of hydrogen-bond donors (Lipinski definition) is 0. The number of aliphatic imine (C=N–C) groups is 1. The van der Waals surface area contributed by atoms with Crippen LogP contribution in [0.5, 0.6) is 5.88 Å². The van der Waals surface area contributed by atoms with Crippen molar-refractivity contribution < 1.29 is 17.9 Å². The topological polar surface area (TPSA) is 34.5 Å². The minimum atomic E-state index is -0.626. The molecule has 1 fully saturated rings. The van der Waals surface area contributed by atoms with Gasteiger partial charge in [-0.05, 0) is 74.8 Å². The molecule has 0 spiro atoms. The van der Waals surface area contributed by atoms with Crippen molar-refractivity contribution in [1.29, 1.82) is 0 Å². The van der Waals surface area contributed by atoms with Gasteiger partial charge in [-0.3, -0.25) is 4.99 Å². The minimum Gasteiger partial charge on any atom is -0.474 e. The van der Waals surface area contributed by atoms with E-state index in [0.29, 0.717) is 30.9 Å². The number of hydrogen-bond acceptors (Lipinski definition) is 3. The van der Waals surface area contributed by atoms with E-state index in [1.807, 2.05) is 18.2 Å². The lowest BCUT2D eigenvalue weighted by molar-refractivity contribution is 0.201. The molecule has 6 heteroatoms. The second-order valence-corrected chi connectivity index (χ2v) is 8.72. The average Bonchev–Trinajstić information content (AvgIpc) is 3.47. The van der Waals surface area contributed by atoms with Crippen LogP contribution in [0.4, 0.5) is 13.2 Å². The number of halogens is 3. The molecule has 0 amide bonds. The van der Waals surface area contributed by atoms with Gasteiger partial charge in [0, 0.05) is 29.5 Å². The van der Waals surface area contributed by atoms with Crippen molar-refractivity contribution in [3.8, 4) is 5.88 Å². The van der Waals surface area contributed by atoms with Crippen molar-refractivity contribution in [3.63, 3.8) is 0 Å². The number of rotatable bonds is 5. The summed E-state index contributed by atoms with van der Waals surface area (Å²) in [6.07, 6.45) is 11.5. The number of nitrogens with zero attached hydrogens (tertiary/aromatic N) is 2. The van der Waals surface area contributed by atoms with Crippen molar-refractivity contribution in [2.75, 3.05) is 0 Å². The smallest absolute Gasteiger partial charge is 0.213 e. The summed E-state index contributed by atoms with van der Waals surface area (Å²) in [5.41, 5.74) is 1.91. The molecule has 1 aromatic heterocycles. The van der Waals surface area contributed by atoms with Crippen LogP contribution in [0.1, 0.15) is 56.1 Å². The highest BCUT2D eigenvalue weighted by Crippen LogP contribution is 2.37. The number of aromatic nitrogens is 1. The third-order valence-electron chi connectivity index (χ3n) is 6.61. The van der Waals surface area contributed by atoms with Crippen LogP contribution in [0, 0.1) is 17.6 Å². The lowest BCUT2D eigenvalue weighted by Gasteiger charge is -2.22. The van der Waals surface area contributed by atoms with E-state index in [1.165, 1.54) is 37.1 Å². The van der Waals surface area contributed by atoms with E-state index in [-0.39, 0.29) is 23.5 Å². The lowest BCUT2D eigenvalue weighted by atomic mass is 9.86. The zero-order chi connectivity index (χ0) is 22.1. The fourth-order valence-electron chi connectivity index (χ4n) is 4.89. The van der Waals surface area contributed by atoms with Crippen LogP contribution in [0.2, 0.25) is 0 Å². The van der Waals surface area contributed by atoms with E-state index in [4.69, 9.17) is 4.74 Å². The molecule has 0 saturated heterocycles. The molecule has 0 radical (unpaired) electrons. The van der Waals surface area contributed by atoms with Crippen LogP contribution in [-0.2, 0) is 0 Å². The molecular formula is C26H25F3N2O. The van der Waals surface area contributed by atoms with Gasteiger partial charge in [0.25, 0.3) is 0 Å². The van der Waals surface area contributed by atoms with Crippen LogP contribution >= 0.6 is 0 Å². The van der Waals surface area contributed by atoms with Crippen molar-refractivity contribution >= 4 is 11.3 Å². The summed E-state index contributed by atoms with van der Waals surface area (Å²) in [4.78, 5) is 8.90. The quantitative estimate of drug-likeness (QED) is 0.528. The number of ether oxygens (including phenoxy) is 1. The van der Waals surface area contributed by atoms with Gasteiger partial charge in [-0.2, -0.15) is 0 Å². The molecule has 1 aliphatic heterocycles. The highest BCUT2D eigenvalue weighted by molar-refractivity contribution is 6.02. The predicted octanol–water partition coefficient (Wildman–Crippen LogP) is 6.59. The van der Waals surface area contributed by atoms with E-state index in [9.17, 15) is 8.78 Å². The maximum Gasteiger partial charge on any atom is 0.213 e. The molecule has 0 bridgehead atoms. The van der Waals surface area contributed by atoms with Crippen LogP contribution in [0.25, 0.3) is 5.57 Å². The molecule has 0 N–H and O–H groups in total. The molecule has 2 aliphatic carbocycles. The number of allylic oxidation sites excluding steroid dienone is 3. The first-order chi connectivity index (χ1) is 15.6. The summed E-state index contributed by atoms with van der Waals surface area (Å²) in [6, 6.07) is 7.20. The third kappa shape index (κ3) is 4.23. The fraction of sp³-hybridized carbons (Fsp3) is 0.385. The summed E-state index contributed by atoms with van der Waals surface area (Å²) in [6.45, 7) is 0. The molecular weight excluding hydrogens is 413 g/mol. The van der Waals surface area contributed by atoms with Gasteiger partial charge >= 0.3 is 0 Å². The minimum absolute atomic E-state index is 0.0857. The van der Waals surface area contributed by atoms with Gasteiger partial charge in [0.1, 0.15) is 23.6 Å². The molecule has 2 heterocycles. The Morgan fingerprint density at radius 3 is 2.41 bits per heavy atom. The zero-order valence-electron chi connectivity index (χ0n) is 17.7. The maximum atomic E-state index is 15.0. The van der Waals surface area contributed by atoms with Crippen LogP contribution in [-0.4, -0.2) is 22.8 Å². The van der Waals surface area contributed by atoms with Gasteiger partial charge in [-0.1, -0.05) is 12.1 Å². The number of benzene rings is 1. The van der Waals surface area contributed by atoms with E-state index in [1.54, 1.807) is 6.20 Å². The van der Waals surface area contributed by atoms with E-state index in [2.05, 4.69) is 9.98 Å². The first-order valence-electron chi connectivity index (χ1n) is 11.3. The van der Waals surface area contributed by atoms with Crippen LogP contribution in [0.15, 0.2) is 59.5 Å². The Morgan fingerprint density at radius 1 is 0.938 bits per heavy atom. The lowest BCUT2D eigenvalue weighted by Crippen LogP contribution is -2.18. The Balaban J connectivity index is 1.27. The second kappa shape index (κ2) is 8.93. The monoisotopic (exact) mass is 438 g/mol. The van der Waals surface area contributed by atoms with E-state index >= 15 is 4.39 Å². The van der Waals surface area contributed by atoms with Crippen LogP contribution in [0.3, 0.4) is 0 Å². The Labute approximate surface area is 185 Å². The van der Waals surface area contributed by atoms with Gasteiger partial charge in [0.15, 0.2) is 0 Å². The Kier molecular flexibility index (Phi) is 5.85. The molecule has 1 aromatic carbocycles. The molecule has 1 unspecified atom stereocenters. The largest absolute Gasteiger partial charge is 0.474 e. The SMILES string of the molecule is FC1=CC(c2ccc(OC3CCCC3)nc2)=CCC1[C@H]1CCC(c2c(F)cccc2F)=N1. The van der Waals surface area contributed by atoms with Gasteiger partial charge in [-0.15, -0.1) is 0 Å².